The molecule has 2 fully saturated rings. The Morgan fingerprint density at radius 3 is 1.28 bits per heavy atom. The number of hydrogen-bond acceptors (Lipinski definition) is 13. The molecular formula is C56H98N12O13. The van der Waals surface area contributed by atoms with Gasteiger partial charge < -0.3 is 68.5 Å². The minimum absolute atomic E-state index is 0.0534. The highest BCUT2D eigenvalue weighted by Crippen LogP contribution is 2.25. The molecule has 0 aromatic carbocycles. The standard InChI is InChI=1S/C56H98N12O13/c1-29(2)24-35(44(72)59-37(26-31(5)6)47(75)65-55(14,15)52(80)68-23-19-21-41(68)49(77)61-39(28-69)32(7)8)60-48(76)40-20-18-22-67(40)53(81)56(16,17)66-50(78)43(33(9)10)63-46(74)36(25-30(3)4)58-45(73)38(27-42(57)71)62-51(79)54(12,13)64-34(11)70/h29-33,35-41,43,69H,18-28H2,1-17H3,(H2,57,71)(H,58,73)(H,59,72)(H,60,76)(H,61,77)(H,62,79)(H,63,74)(H,64,70)(H,65,75)(H,66,78)/t35-,36-,37-,38+,39-,40+,41-,43-/m0/s1. The molecule has 0 bridgehead atoms. The molecule has 0 aromatic heterocycles. The molecule has 460 valence electrons. The van der Waals surface area contributed by atoms with Crippen molar-refractivity contribution in [1.29, 1.82) is 0 Å². The number of amides is 12. The van der Waals surface area contributed by atoms with Crippen LogP contribution in [-0.4, -0.2) is 170 Å². The van der Waals surface area contributed by atoms with Crippen LogP contribution in [0.15, 0.2) is 0 Å². The first kappa shape index (κ1) is 70.7. The number of likely N-dealkylation sites (tertiary alicyclic amines) is 2. The smallest absolute Gasteiger partial charge is 0.248 e. The maximum atomic E-state index is 14.4. The van der Waals surface area contributed by atoms with Gasteiger partial charge in [-0.05, 0) is 116 Å². The first-order valence-corrected chi connectivity index (χ1v) is 28.5. The van der Waals surface area contributed by atoms with Crippen LogP contribution in [0.3, 0.4) is 0 Å². The van der Waals surface area contributed by atoms with Crippen molar-refractivity contribution < 1.29 is 62.6 Å². The number of rotatable bonds is 30. The summed E-state index contributed by atoms with van der Waals surface area (Å²) in [6.07, 6.45) is 1.33. The summed E-state index contributed by atoms with van der Waals surface area (Å²) in [5.41, 5.74) is 0.754. The minimum atomic E-state index is -1.66. The molecule has 2 saturated heterocycles. The topological polar surface area (TPSA) is 366 Å². The molecular weight excluding hydrogens is 1050 g/mol. The van der Waals surface area contributed by atoms with Crippen LogP contribution in [-0.2, 0) is 57.5 Å². The minimum Gasteiger partial charge on any atom is -0.394 e. The second-order valence-electron chi connectivity index (χ2n) is 25.4. The summed E-state index contributed by atoms with van der Waals surface area (Å²) >= 11 is 0. The summed E-state index contributed by atoms with van der Waals surface area (Å²) in [6, 6.07) is -8.75. The Morgan fingerprint density at radius 1 is 0.494 bits per heavy atom. The van der Waals surface area contributed by atoms with Crippen molar-refractivity contribution in [2.24, 2.45) is 35.3 Å². The van der Waals surface area contributed by atoms with E-state index in [2.05, 4.69) is 47.9 Å². The van der Waals surface area contributed by atoms with Crippen molar-refractivity contribution in [3.8, 4) is 0 Å². The van der Waals surface area contributed by atoms with Crippen LogP contribution >= 0.6 is 0 Å². The van der Waals surface area contributed by atoms with Crippen LogP contribution in [0.4, 0.5) is 0 Å². The molecule has 12 N–H and O–H groups in total. The largest absolute Gasteiger partial charge is 0.394 e. The third-order valence-electron chi connectivity index (χ3n) is 14.3. The average molecular weight is 1150 g/mol. The molecule has 0 spiro atoms. The second kappa shape index (κ2) is 30.6. The Bertz CT molecular complexity index is 2280. The van der Waals surface area contributed by atoms with E-state index in [9.17, 15) is 62.6 Å². The molecule has 25 heteroatoms. The highest BCUT2D eigenvalue weighted by molar-refractivity contribution is 6.01. The van der Waals surface area contributed by atoms with Gasteiger partial charge in [-0.15, -0.1) is 0 Å². The van der Waals surface area contributed by atoms with Gasteiger partial charge in [0.2, 0.25) is 70.9 Å². The first-order valence-electron chi connectivity index (χ1n) is 28.5. The summed E-state index contributed by atoms with van der Waals surface area (Å²) < 4.78 is 0. The van der Waals surface area contributed by atoms with Gasteiger partial charge >= 0.3 is 0 Å². The molecule has 12 amide bonds. The number of nitrogens with one attached hydrogen (secondary N) is 9. The lowest BCUT2D eigenvalue weighted by atomic mass is 9.97. The van der Waals surface area contributed by atoms with E-state index in [1.165, 1.54) is 58.3 Å². The van der Waals surface area contributed by atoms with Crippen molar-refractivity contribution in [3.63, 3.8) is 0 Å². The van der Waals surface area contributed by atoms with E-state index < -0.39 is 148 Å². The fourth-order valence-corrected chi connectivity index (χ4v) is 9.83. The Hall–Kier alpha value is -6.40. The second-order valence-corrected chi connectivity index (χ2v) is 25.4. The molecule has 0 aromatic rings. The molecule has 2 rings (SSSR count). The van der Waals surface area contributed by atoms with Crippen molar-refractivity contribution in [1.82, 2.24) is 57.7 Å². The van der Waals surface area contributed by atoms with Gasteiger partial charge in [0.25, 0.3) is 0 Å². The first-order chi connectivity index (χ1) is 37.3. The quantitative estimate of drug-likeness (QED) is 0.0448. The summed E-state index contributed by atoms with van der Waals surface area (Å²) in [5.74, 6) is -9.25. The number of carbonyl (C=O) groups is 12. The predicted octanol–water partition coefficient (Wildman–Crippen LogP) is -0.101. The van der Waals surface area contributed by atoms with Gasteiger partial charge in [0.1, 0.15) is 58.9 Å². The summed E-state index contributed by atoms with van der Waals surface area (Å²) in [6.45, 7) is 28.1. The van der Waals surface area contributed by atoms with E-state index in [1.54, 1.807) is 27.7 Å². The van der Waals surface area contributed by atoms with Crippen LogP contribution in [0.2, 0.25) is 0 Å². The molecule has 8 atom stereocenters. The van der Waals surface area contributed by atoms with Gasteiger partial charge in [-0.25, -0.2) is 0 Å². The molecule has 0 unspecified atom stereocenters. The fourth-order valence-electron chi connectivity index (χ4n) is 9.83. The highest BCUT2D eigenvalue weighted by Gasteiger charge is 2.46. The van der Waals surface area contributed by atoms with Crippen LogP contribution in [0.1, 0.15) is 169 Å². The van der Waals surface area contributed by atoms with Gasteiger partial charge in [-0.1, -0.05) is 69.2 Å². The molecule has 0 saturated carbocycles. The monoisotopic (exact) mass is 1150 g/mol. The van der Waals surface area contributed by atoms with Crippen molar-refractivity contribution in [2.75, 3.05) is 19.7 Å². The SMILES string of the molecule is CC(=O)NC(C)(C)C(=O)N[C@H](CC(N)=O)C(=O)N[C@@H](CC(C)C)C(=O)N[C@H](C(=O)NC(C)(C)C(=O)N1CCC[C@@H]1C(=O)N[C@@H](CC(C)C)C(=O)N[C@@H](CC(C)C)C(=O)NC(C)(C)C(=O)N1CCC[C@H]1C(=O)N[C@@H](CO)C(C)C)C(C)C. The summed E-state index contributed by atoms with van der Waals surface area (Å²) in [5, 5.41) is 34.0. The number of nitrogens with two attached hydrogens (primary N) is 1. The Kier molecular flexibility index (Phi) is 26.7. The molecule has 25 nitrogen and oxygen atoms in total. The van der Waals surface area contributed by atoms with Crippen LogP contribution in [0.5, 0.6) is 0 Å². The van der Waals surface area contributed by atoms with Crippen LogP contribution in [0.25, 0.3) is 0 Å². The van der Waals surface area contributed by atoms with Gasteiger partial charge in [0.05, 0.1) is 19.1 Å². The predicted molar refractivity (Wildman–Crippen MR) is 302 cm³/mol. The molecule has 81 heavy (non-hydrogen) atoms. The van der Waals surface area contributed by atoms with Crippen LogP contribution < -0.4 is 53.6 Å². The van der Waals surface area contributed by atoms with E-state index in [1.807, 2.05) is 41.5 Å². The van der Waals surface area contributed by atoms with Gasteiger partial charge in [-0.3, -0.25) is 57.5 Å². The number of nitrogens with zero attached hydrogens (tertiary/aromatic N) is 2. The number of aliphatic hydroxyl groups excluding tert-OH is 1. The maximum absolute atomic E-state index is 14.4. The number of aliphatic hydroxyl groups is 1. The lowest BCUT2D eigenvalue weighted by molar-refractivity contribution is -0.146. The zero-order valence-electron chi connectivity index (χ0n) is 51.1. The molecule has 0 aliphatic carbocycles. The summed E-state index contributed by atoms with van der Waals surface area (Å²) in [4.78, 5) is 166. The maximum Gasteiger partial charge on any atom is 0.248 e. The summed E-state index contributed by atoms with van der Waals surface area (Å²) in [7, 11) is 0. The Balaban J connectivity index is 2.29. The number of primary amides is 1. The van der Waals surface area contributed by atoms with Crippen molar-refractivity contribution in [2.45, 2.75) is 234 Å². The van der Waals surface area contributed by atoms with Crippen molar-refractivity contribution in [3.05, 3.63) is 0 Å². The third kappa shape index (κ3) is 21.5. The van der Waals surface area contributed by atoms with E-state index in [4.69, 9.17) is 5.73 Å². The lowest BCUT2D eigenvalue weighted by Gasteiger charge is -2.36. The van der Waals surface area contributed by atoms with E-state index in [0.717, 1.165) is 0 Å². The van der Waals surface area contributed by atoms with Crippen molar-refractivity contribution >= 4 is 70.9 Å². The normalized spacial score (nSPS) is 18.1. The molecule has 2 aliphatic rings. The zero-order valence-corrected chi connectivity index (χ0v) is 51.1. The lowest BCUT2D eigenvalue weighted by Crippen LogP contribution is -2.64. The third-order valence-corrected chi connectivity index (χ3v) is 14.3. The number of hydrogen-bond donors (Lipinski definition) is 11. The Labute approximate surface area is 478 Å². The fraction of sp³-hybridized carbons (Fsp3) is 0.786. The van der Waals surface area contributed by atoms with Crippen LogP contribution in [0, 0.1) is 29.6 Å². The molecule has 0 radical (unpaired) electrons. The van der Waals surface area contributed by atoms with Gasteiger partial charge in [0.15, 0.2) is 0 Å². The van der Waals surface area contributed by atoms with Gasteiger partial charge in [0, 0.05) is 20.0 Å². The van der Waals surface area contributed by atoms with E-state index >= 15 is 0 Å². The molecule has 2 aliphatic heterocycles. The van der Waals surface area contributed by atoms with Gasteiger partial charge in [-0.2, -0.15) is 0 Å². The van der Waals surface area contributed by atoms with E-state index in [-0.39, 0.29) is 69.1 Å². The Morgan fingerprint density at radius 2 is 0.889 bits per heavy atom. The number of carbonyl (C=O) groups excluding carboxylic acids is 12. The highest BCUT2D eigenvalue weighted by atomic mass is 16.3. The van der Waals surface area contributed by atoms with E-state index in [0.29, 0.717) is 19.3 Å². The average Bonchev–Trinajstić information content (AvgIpc) is 4.22. The molecule has 2 heterocycles. The zero-order chi connectivity index (χ0) is 62.2.